The van der Waals surface area contributed by atoms with Gasteiger partial charge in [-0.2, -0.15) is 0 Å². The van der Waals surface area contributed by atoms with Crippen molar-refractivity contribution in [2.75, 3.05) is 26.0 Å². The predicted octanol–water partition coefficient (Wildman–Crippen LogP) is 2.81. The summed E-state index contributed by atoms with van der Waals surface area (Å²) in [6, 6.07) is 0. The van der Waals surface area contributed by atoms with Crippen molar-refractivity contribution in [3.8, 4) is 0 Å². The number of aryl methyl sites for hydroxylation is 2. The van der Waals surface area contributed by atoms with Crippen LogP contribution in [0.2, 0.25) is 0 Å². The first-order chi connectivity index (χ1) is 11.3. The fourth-order valence-corrected chi connectivity index (χ4v) is 4.95. The van der Waals surface area contributed by atoms with E-state index in [4.69, 9.17) is 4.74 Å². The second kappa shape index (κ2) is 8.08. The maximum absolute atomic E-state index is 11.9. The molecule has 2 aromatic rings. The molecule has 3 rings (SSSR count). The minimum absolute atomic E-state index is 0.0435. The van der Waals surface area contributed by atoms with Gasteiger partial charge in [-0.25, -0.2) is 9.97 Å². The third-order valence-corrected chi connectivity index (χ3v) is 6.09. The van der Waals surface area contributed by atoms with E-state index in [0.29, 0.717) is 18.9 Å². The van der Waals surface area contributed by atoms with Crippen molar-refractivity contribution >= 4 is 39.2 Å². The van der Waals surface area contributed by atoms with E-state index in [9.17, 15) is 4.79 Å². The second-order valence-corrected chi connectivity index (χ2v) is 7.60. The van der Waals surface area contributed by atoms with Crippen molar-refractivity contribution in [2.45, 2.75) is 37.1 Å². The molecule has 0 radical (unpaired) electrons. The van der Waals surface area contributed by atoms with Crippen molar-refractivity contribution in [1.82, 2.24) is 15.3 Å². The first-order valence-electron chi connectivity index (χ1n) is 7.93. The van der Waals surface area contributed by atoms with Gasteiger partial charge in [0.2, 0.25) is 5.91 Å². The lowest BCUT2D eigenvalue weighted by molar-refractivity contribution is -0.118. The van der Waals surface area contributed by atoms with Crippen LogP contribution in [0.3, 0.4) is 0 Å². The molecule has 2 aromatic heterocycles. The molecule has 5 nitrogen and oxygen atoms in total. The average Bonchev–Trinajstić information content (AvgIpc) is 2.96. The van der Waals surface area contributed by atoms with Crippen LogP contribution in [0.15, 0.2) is 11.4 Å². The summed E-state index contributed by atoms with van der Waals surface area (Å²) >= 11 is 3.30. The monoisotopic (exact) mass is 351 g/mol. The first kappa shape index (κ1) is 16.7. The minimum Gasteiger partial charge on any atom is -0.385 e. The fourth-order valence-electron chi connectivity index (χ4n) is 2.80. The summed E-state index contributed by atoms with van der Waals surface area (Å²) in [6.07, 6.45) is 7.21. The van der Waals surface area contributed by atoms with Crippen LogP contribution < -0.4 is 5.32 Å². The summed E-state index contributed by atoms with van der Waals surface area (Å²) < 4.78 is 4.97. The van der Waals surface area contributed by atoms with Crippen molar-refractivity contribution in [3.63, 3.8) is 0 Å². The number of rotatable bonds is 7. The lowest BCUT2D eigenvalue weighted by Gasteiger charge is -2.11. The van der Waals surface area contributed by atoms with Crippen LogP contribution in [0.25, 0.3) is 10.2 Å². The van der Waals surface area contributed by atoms with Gasteiger partial charge in [-0.05, 0) is 37.7 Å². The van der Waals surface area contributed by atoms with Gasteiger partial charge in [-0.1, -0.05) is 11.8 Å². The zero-order chi connectivity index (χ0) is 16.1. The second-order valence-electron chi connectivity index (χ2n) is 5.55. The summed E-state index contributed by atoms with van der Waals surface area (Å²) in [7, 11) is 1.67. The summed E-state index contributed by atoms with van der Waals surface area (Å²) in [5, 5.41) is 5.04. The highest BCUT2D eigenvalue weighted by atomic mass is 32.2. The molecule has 0 aliphatic heterocycles. The average molecular weight is 351 g/mol. The third kappa shape index (κ3) is 4.02. The molecule has 0 saturated heterocycles. The molecule has 1 amide bonds. The molecule has 0 fully saturated rings. The number of methoxy groups -OCH3 is 1. The molecule has 23 heavy (non-hydrogen) atoms. The van der Waals surface area contributed by atoms with E-state index in [1.54, 1.807) is 24.8 Å². The van der Waals surface area contributed by atoms with Crippen LogP contribution in [0.4, 0.5) is 0 Å². The zero-order valence-electron chi connectivity index (χ0n) is 13.3. The van der Waals surface area contributed by atoms with E-state index in [0.717, 1.165) is 29.1 Å². The number of amides is 1. The molecule has 0 saturated carbocycles. The number of hydrogen-bond donors (Lipinski definition) is 1. The highest BCUT2D eigenvalue weighted by Gasteiger charge is 2.20. The van der Waals surface area contributed by atoms with Gasteiger partial charge in [0.05, 0.1) is 5.75 Å². The molecular formula is C16H21N3O2S2. The molecular weight excluding hydrogens is 330 g/mol. The molecule has 2 heterocycles. The Morgan fingerprint density at radius 1 is 1.39 bits per heavy atom. The van der Waals surface area contributed by atoms with Crippen LogP contribution in [0, 0.1) is 0 Å². The number of ether oxygens (including phenoxy) is 1. The van der Waals surface area contributed by atoms with Gasteiger partial charge in [0.1, 0.15) is 16.2 Å². The van der Waals surface area contributed by atoms with Crippen LogP contribution in [0.5, 0.6) is 0 Å². The number of thioether (sulfide) groups is 1. The highest BCUT2D eigenvalue weighted by molar-refractivity contribution is 8.00. The quantitative estimate of drug-likeness (QED) is 0.472. The lowest BCUT2D eigenvalue weighted by Crippen LogP contribution is -2.26. The van der Waals surface area contributed by atoms with E-state index in [1.807, 2.05) is 0 Å². The molecule has 1 aliphatic carbocycles. The Bertz CT molecular complexity index is 687. The zero-order valence-corrected chi connectivity index (χ0v) is 14.9. The Labute approximate surface area is 144 Å². The molecule has 124 valence electrons. The number of carbonyl (C=O) groups excluding carboxylic acids is 1. The number of nitrogens with one attached hydrogen (secondary N) is 1. The van der Waals surface area contributed by atoms with Crippen molar-refractivity contribution in [3.05, 3.63) is 16.8 Å². The van der Waals surface area contributed by atoms with Crippen molar-refractivity contribution < 1.29 is 9.53 Å². The molecule has 0 atom stereocenters. The summed E-state index contributed by atoms with van der Waals surface area (Å²) in [5.41, 5.74) is 1.42. The number of carbonyl (C=O) groups is 1. The van der Waals surface area contributed by atoms with Gasteiger partial charge in [-0.3, -0.25) is 4.79 Å². The van der Waals surface area contributed by atoms with Gasteiger partial charge < -0.3 is 10.1 Å². The number of hydrogen-bond acceptors (Lipinski definition) is 6. The van der Waals surface area contributed by atoms with Crippen LogP contribution in [-0.2, 0) is 22.4 Å². The van der Waals surface area contributed by atoms with Crippen LogP contribution in [-0.4, -0.2) is 41.9 Å². The lowest BCUT2D eigenvalue weighted by atomic mass is 9.97. The standard InChI is InChI=1S/C16H21N3O2S2/c1-21-8-4-7-17-13(20)9-22-15-14-11-5-2-3-6-12(11)23-16(14)19-10-18-15/h10H,2-9H2,1H3,(H,17,20). The fraction of sp³-hybridized carbons (Fsp3) is 0.562. The number of fused-ring (bicyclic) bond motifs is 3. The number of thiophene rings is 1. The Kier molecular flexibility index (Phi) is 5.85. The maximum Gasteiger partial charge on any atom is 0.230 e. The molecule has 1 aliphatic rings. The number of nitrogens with zero attached hydrogens (tertiary/aromatic N) is 2. The summed E-state index contributed by atoms with van der Waals surface area (Å²) in [5.74, 6) is 0.436. The largest absolute Gasteiger partial charge is 0.385 e. The van der Waals surface area contributed by atoms with E-state index in [-0.39, 0.29) is 5.91 Å². The van der Waals surface area contributed by atoms with Gasteiger partial charge in [0.15, 0.2) is 0 Å². The summed E-state index contributed by atoms with van der Waals surface area (Å²) in [6.45, 7) is 1.32. The molecule has 0 spiro atoms. The van der Waals surface area contributed by atoms with Crippen LogP contribution in [0.1, 0.15) is 29.7 Å². The van der Waals surface area contributed by atoms with E-state index < -0.39 is 0 Å². The Morgan fingerprint density at radius 3 is 3.13 bits per heavy atom. The van der Waals surface area contributed by atoms with Crippen LogP contribution >= 0.6 is 23.1 Å². The smallest absolute Gasteiger partial charge is 0.230 e. The molecule has 0 aromatic carbocycles. The Morgan fingerprint density at radius 2 is 2.26 bits per heavy atom. The van der Waals surface area contributed by atoms with E-state index in [1.165, 1.54) is 40.4 Å². The molecule has 1 N–H and O–H groups in total. The van der Waals surface area contributed by atoms with E-state index >= 15 is 0 Å². The minimum atomic E-state index is 0.0435. The van der Waals surface area contributed by atoms with Gasteiger partial charge in [0, 0.05) is 30.5 Å². The summed E-state index contributed by atoms with van der Waals surface area (Å²) in [4.78, 5) is 23.3. The van der Waals surface area contributed by atoms with Gasteiger partial charge in [-0.15, -0.1) is 11.3 Å². The number of aromatic nitrogens is 2. The highest BCUT2D eigenvalue weighted by Crippen LogP contribution is 2.39. The molecule has 0 unspecified atom stereocenters. The van der Waals surface area contributed by atoms with Crippen molar-refractivity contribution in [1.29, 1.82) is 0 Å². The Hall–Kier alpha value is -1.18. The topological polar surface area (TPSA) is 64.1 Å². The normalized spacial score (nSPS) is 14.0. The van der Waals surface area contributed by atoms with Gasteiger partial charge in [0.25, 0.3) is 0 Å². The third-order valence-electron chi connectivity index (χ3n) is 3.90. The van der Waals surface area contributed by atoms with Gasteiger partial charge >= 0.3 is 0 Å². The molecule has 0 bridgehead atoms. The predicted molar refractivity (Wildman–Crippen MR) is 94.3 cm³/mol. The first-order valence-corrected chi connectivity index (χ1v) is 9.73. The maximum atomic E-state index is 11.9. The molecule has 7 heteroatoms. The Balaban J connectivity index is 1.66. The SMILES string of the molecule is COCCCNC(=O)CSc1ncnc2sc3c(c12)CCCC3. The van der Waals surface area contributed by atoms with E-state index in [2.05, 4.69) is 15.3 Å². The van der Waals surface area contributed by atoms with Crippen molar-refractivity contribution in [2.24, 2.45) is 0 Å².